The molecule has 0 radical (unpaired) electrons. The zero-order chi connectivity index (χ0) is 26.2. The minimum absolute atomic E-state index is 0.535. The number of hydrogen-bond acceptors (Lipinski definition) is 2. The molecule has 2 nitrogen and oxygen atoms in total. The average Bonchev–Trinajstić information content (AvgIpc) is 3.00. The highest BCUT2D eigenvalue weighted by molar-refractivity contribution is 6.19. The van der Waals surface area contributed by atoms with Crippen molar-refractivity contribution < 1.29 is 0 Å². The largest absolute Gasteiger partial charge is 0.255 e. The van der Waals surface area contributed by atoms with Crippen LogP contribution in [0, 0.1) is 5.92 Å². The quantitative estimate of drug-likeness (QED) is 0.225. The van der Waals surface area contributed by atoms with E-state index in [9.17, 15) is 0 Å². The minimum atomic E-state index is 0.535. The Hall–Kier alpha value is -4.82. The van der Waals surface area contributed by atoms with Crippen LogP contribution in [0.25, 0.3) is 60.9 Å². The predicted molar refractivity (Wildman–Crippen MR) is 164 cm³/mol. The summed E-state index contributed by atoms with van der Waals surface area (Å²) >= 11 is 0. The topological polar surface area (TPSA) is 25.8 Å². The molecule has 1 aliphatic rings. The molecule has 2 heterocycles. The Morgan fingerprint density at radius 2 is 1.21 bits per heavy atom. The molecule has 0 saturated carbocycles. The Kier molecular flexibility index (Phi) is 5.86. The van der Waals surface area contributed by atoms with Crippen molar-refractivity contribution in [1.29, 1.82) is 0 Å². The molecule has 186 valence electrons. The van der Waals surface area contributed by atoms with Crippen LogP contribution < -0.4 is 0 Å². The molecule has 0 aliphatic heterocycles. The molecule has 0 N–H and O–H groups in total. The van der Waals surface area contributed by atoms with Gasteiger partial charge in [0, 0.05) is 11.8 Å². The van der Waals surface area contributed by atoms with Crippen molar-refractivity contribution in [2.45, 2.75) is 13.3 Å². The number of rotatable bonds is 4. The summed E-state index contributed by atoms with van der Waals surface area (Å²) in [6.45, 7) is 2.30. The lowest BCUT2D eigenvalue weighted by Crippen LogP contribution is -1.98. The van der Waals surface area contributed by atoms with E-state index < -0.39 is 0 Å². The lowest BCUT2D eigenvalue weighted by Gasteiger charge is -2.20. The van der Waals surface area contributed by atoms with E-state index in [4.69, 9.17) is 4.98 Å². The summed E-state index contributed by atoms with van der Waals surface area (Å²) in [6, 6.07) is 38.6. The lowest BCUT2D eigenvalue weighted by atomic mass is 9.83. The monoisotopic (exact) mass is 500 g/mol. The number of nitrogens with zero attached hydrogens (tertiary/aromatic N) is 2. The van der Waals surface area contributed by atoms with Crippen LogP contribution >= 0.6 is 0 Å². The number of benzene rings is 4. The summed E-state index contributed by atoms with van der Waals surface area (Å²) in [5.74, 6) is 0.535. The minimum Gasteiger partial charge on any atom is -0.255 e. The molecular weight excluding hydrogens is 472 g/mol. The molecule has 0 bridgehead atoms. The fraction of sp³-hybridized carbons (Fsp3) is 0.0811. The molecule has 1 atom stereocenters. The van der Waals surface area contributed by atoms with E-state index in [-0.39, 0.29) is 0 Å². The van der Waals surface area contributed by atoms with Gasteiger partial charge < -0.3 is 0 Å². The zero-order valence-corrected chi connectivity index (χ0v) is 21.9. The van der Waals surface area contributed by atoms with Gasteiger partial charge in [0.15, 0.2) is 0 Å². The first kappa shape index (κ1) is 23.3. The van der Waals surface area contributed by atoms with Crippen LogP contribution in [0.1, 0.15) is 18.9 Å². The highest BCUT2D eigenvalue weighted by Gasteiger charge is 2.18. The predicted octanol–water partition coefficient (Wildman–Crippen LogP) is 9.76. The van der Waals surface area contributed by atoms with Gasteiger partial charge in [0.25, 0.3) is 0 Å². The number of fused-ring (bicyclic) bond motifs is 2. The number of hydrogen-bond donors (Lipinski definition) is 0. The Labute approximate surface area is 229 Å². The zero-order valence-electron chi connectivity index (χ0n) is 21.9. The maximum absolute atomic E-state index is 4.98. The van der Waals surface area contributed by atoms with Crippen LogP contribution in [-0.4, -0.2) is 9.97 Å². The van der Waals surface area contributed by atoms with Gasteiger partial charge in [-0.25, -0.2) is 4.98 Å². The van der Waals surface area contributed by atoms with Gasteiger partial charge in [-0.05, 0) is 86.5 Å². The van der Waals surface area contributed by atoms with Crippen molar-refractivity contribution in [2.75, 3.05) is 0 Å². The average molecular weight is 501 g/mol. The smallest absolute Gasteiger partial charge is 0.0893 e. The maximum Gasteiger partial charge on any atom is 0.0893 e. The second-order valence-electron chi connectivity index (χ2n) is 10.3. The molecule has 0 fully saturated rings. The molecule has 39 heavy (non-hydrogen) atoms. The third-order valence-corrected chi connectivity index (χ3v) is 7.61. The summed E-state index contributed by atoms with van der Waals surface area (Å²) in [5.41, 5.74) is 8.89. The van der Waals surface area contributed by atoms with Crippen molar-refractivity contribution in [1.82, 2.24) is 9.97 Å². The Bertz CT molecular complexity index is 1840. The van der Waals surface area contributed by atoms with Crippen molar-refractivity contribution in [3.8, 4) is 33.8 Å². The Morgan fingerprint density at radius 3 is 1.90 bits per heavy atom. The van der Waals surface area contributed by atoms with Crippen LogP contribution in [0.4, 0.5) is 0 Å². The van der Waals surface area contributed by atoms with Gasteiger partial charge in [0.1, 0.15) is 0 Å². The lowest BCUT2D eigenvalue weighted by molar-refractivity contribution is 0.740. The molecule has 0 amide bonds. The molecule has 0 spiro atoms. The molecule has 2 aromatic heterocycles. The van der Waals surface area contributed by atoms with Crippen molar-refractivity contribution >= 4 is 27.1 Å². The third kappa shape index (κ3) is 4.24. The van der Waals surface area contributed by atoms with Crippen molar-refractivity contribution in [3.05, 3.63) is 139 Å². The SMILES string of the molecule is CC1C=C(c2c3ccccc3c(-c3cccc(-c4cccc(-c5ccccn5)n4)c3)c3ccccc23)C=CC1. The van der Waals surface area contributed by atoms with Gasteiger partial charge in [-0.3, -0.25) is 4.98 Å². The molecule has 2 heteroatoms. The van der Waals surface area contributed by atoms with E-state index in [1.165, 1.54) is 43.8 Å². The van der Waals surface area contributed by atoms with Gasteiger partial charge in [-0.1, -0.05) is 104 Å². The molecule has 4 aromatic carbocycles. The standard InChI is InChI=1S/C37H28N2/c1-25-11-8-13-27(23-25)36-29-15-2-4-17-31(29)37(32-18-5-3-16-30(32)36)28-14-9-12-26(24-28)33-20-10-21-35(39-33)34-19-6-7-22-38-34/h2-10,12-25H,11H2,1H3. The van der Waals surface area contributed by atoms with E-state index >= 15 is 0 Å². The van der Waals surface area contributed by atoms with Gasteiger partial charge in [-0.2, -0.15) is 0 Å². The molecule has 1 aliphatic carbocycles. The van der Waals surface area contributed by atoms with Gasteiger partial charge in [0.05, 0.1) is 17.1 Å². The van der Waals surface area contributed by atoms with Crippen LogP contribution in [0.2, 0.25) is 0 Å². The second kappa shape index (κ2) is 9.81. The summed E-state index contributed by atoms with van der Waals surface area (Å²) in [5, 5.41) is 5.12. The summed E-state index contributed by atoms with van der Waals surface area (Å²) in [4.78, 5) is 9.47. The van der Waals surface area contributed by atoms with Crippen LogP contribution in [-0.2, 0) is 0 Å². The van der Waals surface area contributed by atoms with Crippen LogP contribution in [0.15, 0.2) is 134 Å². The molecule has 0 saturated heterocycles. The van der Waals surface area contributed by atoms with Gasteiger partial charge >= 0.3 is 0 Å². The van der Waals surface area contributed by atoms with Crippen molar-refractivity contribution in [2.24, 2.45) is 5.92 Å². The Balaban J connectivity index is 1.45. The summed E-state index contributed by atoms with van der Waals surface area (Å²) in [7, 11) is 0. The fourth-order valence-electron chi connectivity index (χ4n) is 5.84. The van der Waals surface area contributed by atoms with E-state index in [1.807, 2.05) is 30.5 Å². The summed E-state index contributed by atoms with van der Waals surface area (Å²) in [6.07, 6.45) is 9.94. The molecule has 1 unspecified atom stereocenters. The van der Waals surface area contributed by atoms with E-state index in [0.717, 1.165) is 29.1 Å². The van der Waals surface area contributed by atoms with Crippen LogP contribution in [0.5, 0.6) is 0 Å². The number of pyridine rings is 2. The highest BCUT2D eigenvalue weighted by Crippen LogP contribution is 2.43. The molecule has 6 aromatic rings. The summed E-state index contributed by atoms with van der Waals surface area (Å²) < 4.78 is 0. The first-order chi connectivity index (χ1) is 19.3. The molecule has 7 rings (SSSR count). The van der Waals surface area contributed by atoms with Gasteiger partial charge in [0.2, 0.25) is 0 Å². The first-order valence-corrected chi connectivity index (χ1v) is 13.6. The molecular formula is C37H28N2. The normalized spacial score (nSPS) is 15.0. The fourth-order valence-corrected chi connectivity index (χ4v) is 5.84. The maximum atomic E-state index is 4.98. The van der Waals surface area contributed by atoms with Crippen molar-refractivity contribution in [3.63, 3.8) is 0 Å². The van der Waals surface area contributed by atoms with Gasteiger partial charge in [-0.15, -0.1) is 0 Å². The number of allylic oxidation sites excluding steroid dienone is 4. The van der Waals surface area contributed by atoms with Crippen LogP contribution in [0.3, 0.4) is 0 Å². The van der Waals surface area contributed by atoms with E-state index in [1.54, 1.807) is 0 Å². The van der Waals surface area contributed by atoms with E-state index in [2.05, 4.69) is 115 Å². The second-order valence-corrected chi connectivity index (χ2v) is 10.3. The third-order valence-electron chi connectivity index (χ3n) is 7.61. The Morgan fingerprint density at radius 1 is 0.590 bits per heavy atom. The van der Waals surface area contributed by atoms with E-state index in [0.29, 0.717) is 5.92 Å². The first-order valence-electron chi connectivity index (χ1n) is 13.6. The highest BCUT2D eigenvalue weighted by atomic mass is 14.8. The number of aromatic nitrogens is 2.